The van der Waals surface area contributed by atoms with Crippen LogP contribution in [0.3, 0.4) is 0 Å². The molecule has 0 aliphatic heterocycles. The molecule has 14 heavy (non-hydrogen) atoms. The molecule has 2 unspecified atom stereocenters. The Morgan fingerprint density at radius 2 is 2.36 bits per heavy atom. The van der Waals surface area contributed by atoms with E-state index in [4.69, 9.17) is 17.3 Å². The Balaban J connectivity index is 1.97. The molecule has 0 radical (unpaired) electrons. The summed E-state index contributed by atoms with van der Waals surface area (Å²) in [7, 11) is 0. The van der Waals surface area contributed by atoms with Crippen LogP contribution in [0.4, 0.5) is 8.78 Å². The topological polar surface area (TPSA) is 26.0 Å². The summed E-state index contributed by atoms with van der Waals surface area (Å²) >= 11 is 7.28. The van der Waals surface area contributed by atoms with E-state index in [-0.39, 0.29) is 12.5 Å². The highest BCUT2D eigenvalue weighted by atomic mass is 35.5. The molecule has 2 atom stereocenters. The van der Waals surface area contributed by atoms with Crippen LogP contribution in [-0.2, 0) is 0 Å². The average molecular weight is 238 g/mol. The van der Waals surface area contributed by atoms with Gasteiger partial charge in [0.05, 0.1) is 5.02 Å². The molecule has 1 aromatic heterocycles. The minimum Gasteiger partial charge on any atom is -0.323 e. The molecule has 1 saturated carbocycles. The smallest absolute Gasteiger partial charge is 0.251 e. The molecule has 0 spiro atoms. The first-order valence-electron chi connectivity index (χ1n) is 4.37. The van der Waals surface area contributed by atoms with Gasteiger partial charge in [0.1, 0.15) is 0 Å². The molecule has 0 bridgehead atoms. The van der Waals surface area contributed by atoms with E-state index in [0.29, 0.717) is 11.4 Å². The zero-order valence-electron chi connectivity index (χ0n) is 7.34. The zero-order valence-corrected chi connectivity index (χ0v) is 8.92. The van der Waals surface area contributed by atoms with Gasteiger partial charge in [0.2, 0.25) is 0 Å². The van der Waals surface area contributed by atoms with Gasteiger partial charge in [0, 0.05) is 23.3 Å². The lowest BCUT2D eigenvalue weighted by atomic mass is 10.1. The van der Waals surface area contributed by atoms with Crippen LogP contribution in [0.5, 0.6) is 0 Å². The molecule has 2 N–H and O–H groups in total. The average Bonchev–Trinajstić information content (AvgIpc) is 2.53. The third kappa shape index (κ3) is 1.92. The Kier molecular flexibility index (Phi) is 2.53. The van der Waals surface area contributed by atoms with E-state index in [2.05, 4.69) is 0 Å². The van der Waals surface area contributed by atoms with Crippen molar-refractivity contribution in [3.8, 4) is 0 Å². The van der Waals surface area contributed by atoms with Crippen molar-refractivity contribution in [2.75, 3.05) is 0 Å². The molecule has 1 aliphatic rings. The summed E-state index contributed by atoms with van der Waals surface area (Å²) in [5.41, 5.74) is 5.79. The normalized spacial score (nSPS) is 26.1. The highest BCUT2D eigenvalue weighted by molar-refractivity contribution is 7.10. The summed E-state index contributed by atoms with van der Waals surface area (Å²) in [6.07, 6.45) is 0.303. The highest BCUT2D eigenvalue weighted by Gasteiger charge is 2.56. The van der Waals surface area contributed by atoms with Gasteiger partial charge in [-0.2, -0.15) is 0 Å². The molecule has 1 aliphatic carbocycles. The van der Waals surface area contributed by atoms with E-state index in [9.17, 15) is 8.78 Å². The standard InChI is InChI=1S/C9H10ClF2NS/c10-6-1-2-14-8(6)7(13)3-5-4-9(5,11)12/h1-2,5,7H,3-4,13H2. The summed E-state index contributed by atoms with van der Waals surface area (Å²) in [6, 6.07) is 1.40. The molecule has 1 fully saturated rings. The number of alkyl halides is 2. The summed E-state index contributed by atoms with van der Waals surface area (Å²) in [5.74, 6) is -3.03. The van der Waals surface area contributed by atoms with Crippen molar-refractivity contribution in [2.45, 2.75) is 24.8 Å². The molecule has 1 heterocycles. The van der Waals surface area contributed by atoms with Crippen LogP contribution in [0.25, 0.3) is 0 Å². The highest BCUT2D eigenvalue weighted by Crippen LogP contribution is 2.52. The minimum absolute atomic E-state index is 0.0241. The Morgan fingerprint density at radius 1 is 1.71 bits per heavy atom. The first-order chi connectivity index (χ1) is 6.50. The summed E-state index contributed by atoms with van der Waals surface area (Å²) < 4.78 is 25.2. The van der Waals surface area contributed by atoms with Crippen LogP contribution in [0.2, 0.25) is 5.02 Å². The van der Waals surface area contributed by atoms with Crippen LogP contribution in [0, 0.1) is 5.92 Å². The largest absolute Gasteiger partial charge is 0.323 e. The van der Waals surface area contributed by atoms with Gasteiger partial charge < -0.3 is 5.73 Å². The lowest BCUT2D eigenvalue weighted by molar-refractivity contribution is 0.0955. The first kappa shape index (κ1) is 10.3. The molecule has 78 valence electrons. The second-order valence-electron chi connectivity index (χ2n) is 3.64. The number of nitrogens with two attached hydrogens (primary N) is 1. The lowest BCUT2D eigenvalue weighted by Crippen LogP contribution is -2.11. The van der Waals surface area contributed by atoms with Gasteiger partial charge >= 0.3 is 0 Å². The Labute approximate surface area is 89.9 Å². The number of rotatable bonds is 3. The number of thiophene rings is 1. The van der Waals surface area contributed by atoms with Crippen molar-refractivity contribution >= 4 is 22.9 Å². The van der Waals surface area contributed by atoms with E-state index in [1.807, 2.05) is 5.38 Å². The fourth-order valence-electron chi connectivity index (χ4n) is 1.51. The molecule has 0 amide bonds. The van der Waals surface area contributed by atoms with Crippen LogP contribution in [-0.4, -0.2) is 5.92 Å². The second kappa shape index (κ2) is 3.43. The first-order valence-corrected chi connectivity index (χ1v) is 5.63. The molecule has 2 rings (SSSR count). The Hall–Kier alpha value is -0.190. The number of halogens is 3. The molecular formula is C9H10ClF2NS. The van der Waals surface area contributed by atoms with Crippen molar-refractivity contribution in [2.24, 2.45) is 11.7 Å². The van der Waals surface area contributed by atoms with Gasteiger partial charge in [-0.25, -0.2) is 8.78 Å². The quantitative estimate of drug-likeness (QED) is 0.856. The third-order valence-corrected chi connectivity index (χ3v) is 3.97. The molecule has 1 aromatic rings. The van der Waals surface area contributed by atoms with Gasteiger partial charge in [-0.15, -0.1) is 11.3 Å². The van der Waals surface area contributed by atoms with E-state index in [0.717, 1.165) is 4.88 Å². The SMILES string of the molecule is NC(CC1CC1(F)F)c1sccc1Cl. The van der Waals surface area contributed by atoms with Crippen LogP contribution < -0.4 is 5.73 Å². The number of hydrogen-bond donors (Lipinski definition) is 1. The molecule has 5 heteroatoms. The fraction of sp³-hybridized carbons (Fsp3) is 0.556. The van der Waals surface area contributed by atoms with Crippen LogP contribution in [0.15, 0.2) is 11.4 Å². The van der Waals surface area contributed by atoms with Gasteiger partial charge in [0.15, 0.2) is 0 Å². The second-order valence-corrected chi connectivity index (χ2v) is 4.99. The Bertz CT molecular complexity index is 339. The molecule has 1 nitrogen and oxygen atoms in total. The maximum atomic E-state index is 12.6. The Morgan fingerprint density at radius 3 is 2.79 bits per heavy atom. The van der Waals surface area contributed by atoms with E-state index in [1.165, 1.54) is 11.3 Å². The van der Waals surface area contributed by atoms with Crippen molar-refractivity contribution in [1.82, 2.24) is 0 Å². The maximum absolute atomic E-state index is 12.6. The van der Waals surface area contributed by atoms with Crippen molar-refractivity contribution < 1.29 is 8.78 Å². The van der Waals surface area contributed by atoms with E-state index in [1.54, 1.807) is 6.07 Å². The predicted molar refractivity (Wildman–Crippen MR) is 53.9 cm³/mol. The molecular weight excluding hydrogens is 228 g/mol. The summed E-state index contributed by atoms with van der Waals surface area (Å²) in [4.78, 5) is 0.814. The number of hydrogen-bond acceptors (Lipinski definition) is 2. The monoisotopic (exact) mass is 237 g/mol. The zero-order chi connectivity index (χ0) is 10.3. The van der Waals surface area contributed by atoms with Crippen LogP contribution in [0.1, 0.15) is 23.8 Å². The van der Waals surface area contributed by atoms with Crippen molar-refractivity contribution in [3.63, 3.8) is 0 Å². The van der Waals surface area contributed by atoms with Gasteiger partial charge in [0.25, 0.3) is 5.92 Å². The summed E-state index contributed by atoms with van der Waals surface area (Å²) in [6.45, 7) is 0. The van der Waals surface area contributed by atoms with Crippen LogP contribution >= 0.6 is 22.9 Å². The minimum atomic E-state index is -2.48. The molecule has 0 aromatic carbocycles. The summed E-state index contributed by atoms with van der Waals surface area (Å²) in [5, 5.41) is 2.41. The van der Waals surface area contributed by atoms with E-state index >= 15 is 0 Å². The van der Waals surface area contributed by atoms with Gasteiger partial charge in [-0.1, -0.05) is 11.6 Å². The van der Waals surface area contributed by atoms with Crippen molar-refractivity contribution in [1.29, 1.82) is 0 Å². The third-order valence-electron chi connectivity index (χ3n) is 2.48. The fourth-order valence-corrected chi connectivity index (χ4v) is 2.72. The molecule has 0 saturated heterocycles. The predicted octanol–water partition coefficient (Wildman–Crippen LogP) is 3.45. The van der Waals surface area contributed by atoms with Gasteiger partial charge in [-0.05, 0) is 17.9 Å². The van der Waals surface area contributed by atoms with Gasteiger partial charge in [-0.3, -0.25) is 0 Å². The van der Waals surface area contributed by atoms with Crippen molar-refractivity contribution in [3.05, 3.63) is 21.3 Å². The van der Waals surface area contributed by atoms with E-state index < -0.39 is 11.8 Å². The maximum Gasteiger partial charge on any atom is 0.251 e. The lowest BCUT2D eigenvalue weighted by Gasteiger charge is -2.09.